The standard InChI is InChI=1S/C20H18N2O2/c1-13-18(22-20(24-13)15-10-6-3-7-11-15)19(23)21-17-12-16(17)14-8-4-2-5-9-14/h2-11,16-17H,12H2,1H3,(H,21,23)/t16-,17+/m1/s1. The average Bonchev–Trinajstić information content (AvgIpc) is 3.27. The lowest BCUT2D eigenvalue weighted by molar-refractivity contribution is 0.0944. The van der Waals surface area contributed by atoms with Crippen LogP contribution in [0.2, 0.25) is 0 Å². The molecule has 1 aromatic heterocycles. The summed E-state index contributed by atoms with van der Waals surface area (Å²) in [5, 5.41) is 3.06. The van der Waals surface area contributed by atoms with E-state index in [1.807, 2.05) is 48.5 Å². The molecule has 1 heterocycles. The molecule has 24 heavy (non-hydrogen) atoms. The summed E-state index contributed by atoms with van der Waals surface area (Å²) < 4.78 is 5.66. The third-order valence-electron chi connectivity index (χ3n) is 4.37. The molecule has 1 amide bonds. The topological polar surface area (TPSA) is 55.1 Å². The van der Waals surface area contributed by atoms with E-state index >= 15 is 0 Å². The first-order valence-corrected chi connectivity index (χ1v) is 8.11. The third-order valence-corrected chi connectivity index (χ3v) is 4.37. The first kappa shape index (κ1) is 14.7. The van der Waals surface area contributed by atoms with Crippen molar-refractivity contribution >= 4 is 5.91 Å². The summed E-state index contributed by atoms with van der Waals surface area (Å²) in [5.41, 5.74) is 2.51. The third kappa shape index (κ3) is 2.83. The monoisotopic (exact) mass is 318 g/mol. The Labute approximate surface area is 140 Å². The van der Waals surface area contributed by atoms with E-state index in [1.54, 1.807) is 6.92 Å². The Morgan fingerprint density at radius 3 is 2.46 bits per heavy atom. The van der Waals surface area contributed by atoms with Gasteiger partial charge in [-0.15, -0.1) is 0 Å². The molecule has 1 N–H and O–H groups in total. The molecule has 0 aliphatic heterocycles. The van der Waals surface area contributed by atoms with Crippen molar-refractivity contribution < 1.29 is 9.21 Å². The highest BCUT2D eigenvalue weighted by molar-refractivity contribution is 5.94. The largest absolute Gasteiger partial charge is 0.441 e. The highest BCUT2D eigenvalue weighted by Gasteiger charge is 2.40. The summed E-state index contributed by atoms with van der Waals surface area (Å²) in [6, 6.07) is 20.0. The summed E-state index contributed by atoms with van der Waals surface area (Å²) >= 11 is 0. The van der Waals surface area contributed by atoms with Gasteiger partial charge in [0.25, 0.3) is 5.91 Å². The molecule has 0 saturated heterocycles. The Morgan fingerprint density at radius 1 is 1.08 bits per heavy atom. The van der Waals surface area contributed by atoms with Gasteiger partial charge in [0.15, 0.2) is 5.69 Å². The second kappa shape index (κ2) is 5.96. The van der Waals surface area contributed by atoms with Crippen molar-refractivity contribution in [3.05, 3.63) is 77.7 Å². The molecular formula is C20H18N2O2. The molecule has 2 atom stereocenters. The molecule has 3 aromatic rings. The van der Waals surface area contributed by atoms with Gasteiger partial charge in [0.1, 0.15) is 5.76 Å². The Kier molecular flexibility index (Phi) is 3.65. The lowest BCUT2D eigenvalue weighted by Gasteiger charge is -2.03. The van der Waals surface area contributed by atoms with Gasteiger partial charge >= 0.3 is 0 Å². The van der Waals surface area contributed by atoms with Crippen LogP contribution in [-0.4, -0.2) is 16.9 Å². The normalized spacial score (nSPS) is 19.0. The maximum absolute atomic E-state index is 12.5. The van der Waals surface area contributed by atoms with Crippen LogP contribution in [0, 0.1) is 6.92 Å². The number of benzene rings is 2. The van der Waals surface area contributed by atoms with Crippen molar-refractivity contribution in [3.8, 4) is 11.5 Å². The number of hydrogen-bond acceptors (Lipinski definition) is 3. The number of aryl methyl sites for hydroxylation is 1. The molecule has 2 aromatic carbocycles. The van der Waals surface area contributed by atoms with Gasteiger partial charge < -0.3 is 9.73 Å². The number of carbonyl (C=O) groups excluding carboxylic acids is 1. The molecule has 1 saturated carbocycles. The fourth-order valence-electron chi connectivity index (χ4n) is 2.97. The highest BCUT2D eigenvalue weighted by Crippen LogP contribution is 2.40. The quantitative estimate of drug-likeness (QED) is 0.793. The fraction of sp³-hybridized carbons (Fsp3) is 0.200. The van der Waals surface area contributed by atoms with Crippen molar-refractivity contribution in [2.75, 3.05) is 0 Å². The molecule has 4 rings (SSSR count). The van der Waals surface area contributed by atoms with Crippen LogP contribution in [0.3, 0.4) is 0 Å². The van der Waals surface area contributed by atoms with Gasteiger partial charge in [-0.2, -0.15) is 0 Å². The lowest BCUT2D eigenvalue weighted by Crippen LogP contribution is -2.27. The van der Waals surface area contributed by atoms with Crippen LogP contribution >= 0.6 is 0 Å². The Balaban J connectivity index is 1.47. The summed E-state index contributed by atoms with van der Waals surface area (Å²) in [7, 11) is 0. The van der Waals surface area contributed by atoms with Crippen molar-refractivity contribution in [1.82, 2.24) is 10.3 Å². The second-order valence-electron chi connectivity index (χ2n) is 6.12. The molecule has 1 aliphatic rings. The van der Waals surface area contributed by atoms with Gasteiger partial charge in [-0.1, -0.05) is 48.5 Å². The molecule has 4 heteroatoms. The van der Waals surface area contributed by atoms with Crippen LogP contribution in [0.1, 0.15) is 34.2 Å². The summed E-state index contributed by atoms with van der Waals surface area (Å²) in [4.78, 5) is 16.9. The van der Waals surface area contributed by atoms with Crippen molar-refractivity contribution in [3.63, 3.8) is 0 Å². The van der Waals surface area contributed by atoms with E-state index in [1.165, 1.54) is 5.56 Å². The number of hydrogen-bond donors (Lipinski definition) is 1. The highest BCUT2D eigenvalue weighted by atomic mass is 16.4. The van der Waals surface area contributed by atoms with Gasteiger partial charge in [-0.25, -0.2) is 4.98 Å². The molecule has 0 bridgehead atoms. The van der Waals surface area contributed by atoms with Crippen LogP contribution in [0.4, 0.5) is 0 Å². The van der Waals surface area contributed by atoms with Gasteiger partial charge in [0, 0.05) is 17.5 Å². The smallest absolute Gasteiger partial charge is 0.273 e. The lowest BCUT2D eigenvalue weighted by atomic mass is 10.1. The Bertz CT molecular complexity index is 856. The molecular weight excluding hydrogens is 300 g/mol. The van der Waals surface area contributed by atoms with Crippen LogP contribution in [0.25, 0.3) is 11.5 Å². The predicted octanol–water partition coefficient (Wildman–Crippen LogP) is 3.94. The minimum atomic E-state index is -0.165. The predicted molar refractivity (Wildman–Crippen MR) is 91.7 cm³/mol. The SMILES string of the molecule is Cc1oc(-c2ccccc2)nc1C(=O)N[C@H]1C[C@@H]1c1ccccc1. The van der Waals surface area contributed by atoms with Crippen LogP contribution in [0.5, 0.6) is 0 Å². The number of nitrogens with zero attached hydrogens (tertiary/aromatic N) is 1. The van der Waals surface area contributed by atoms with Gasteiger partial charge in [0.2, 0.25) is 5.89 Å². The minimum Gasteiger partial charge on any atom is -0.441 e. The Hall–Kier alpha value is -2.88. The van der Waals surface area contributed by atoms with Crippen molar-refractivity contribution in [2.24, 2.45) is 0 Å². The Morgan fingerprint density at radius 2 is 1.75 bits per heavy atom. The van der Waals surface area contributed by atoms with Gasteiger partial charge in [-0.05, 0) is 31.0 Å². The van der Waals surface area contributed by atoms with Crippen LogP contribution in [-0.2, 0) is 0 Å². The van der Waals surface area contributed by atoms with E-state index in [9.17, 15) is 4.79 Å². The number of amides is 1. The summed E-state index contributed by atoms with van der Waals surface area (Å²) in [6.07, 6.45) is 0.970. The molecule has 4 nitrogen and oxygen atoms in total. The number of aromatic nitrogens is 1. The van der Waals surface area contributed by atoms with Gasteiger partial charge in [-0.3, -0.25) is 4.79 Å². The van der Waals surface area contributed by atoms with Crippen molar-refractivity contribution in [1.29, 1.82) is 0 Å². The van der Waals surface area contributed by atoms with Crippen LogP contribution in [0.15, 0.2) is 65.1 Å². The minimum absolute atomic E-state index is 0.165. The maximum Gasteiger partial charge on any atom is 0.273 e. The number of carbonyl (C=O) groups is 1. The zero-order chi connectivity index (χ0) is 16.5. The van der Waals surface area contributed by atoms with E-state index in [0.717, 1.165) is 12.0 Å². The molecule has 1 fully saturated rings. The first-order chi connectivity index (χ1) is 11.7. The van der Waals surface area contributed by atoms with E-state index in [-0.39, 0.29) is 11.9 Å². The molecule has 120 valence electrons. The van der Waals surface area contributed by atoms with E-state index in [4.69, 9.17) is 4.42 Å². The maximum atomic E-state index is 12.5. The van der Waals surface area contributed by atoms with E-state index in [2.05, 4.69) is 22.4 Å². The average molecular weight is 318 g/mol. The van der Waals surface area contributed by atoms with E-state index in [0.29, 0.717) is 23.3 Å². The van der Waals surface area contributed by atoms with E-state index < -0.39 is 0 Å². The number of nitrogens with one attached hydrogen (secondary N) is 1. The molecule has 1 aliphatic carbocycles. The molecule has 0 radical (unpaired) electrons. The summed E-state index contributed by atoms with van der Waals surface area (Å²) in [6.45, 7) is 1.77. The molecule has 0 spiro atoms. The zero-order valence-corrected chi connectivity index (χ0v) is 13.4. The van der Waals surface area contributed by atoms with Gasteiger partial charge in [0.05, 0.1) is 0 Å². The summed E-state index contributed by atoms with van der Waals surface area (Å²) in [5.74, 6) is 1.26. The fourth-order valence-corrected chi connectivity index (χ4v) is 2.97. The molecule has 0 unspecified atom stereocenters. The number of rotatable bonds is 4. The van der Waals surface area contributed by atoms with Crippen LogP contribution < -0.4 is 5.32 Å². The zero-order valence-electron chi connectivity index (χ0n) is 13.4. The number of oxazole rings is 1. The van der Waals surface area contributed by atoms with Crippen molar-refractivity contribution in [2.45, 2.75) is 25.3 Å². The second-order valence-corrected chi connectivity index (χ2v) is 6.12. The first-order valence-electron chi connectivity index (χ1n) is 8.11.